The maximum Gasteiger partial charge on any atom is 0.249 e. The van der Waals surface area contributed by atoms with Crippen LogP contribution in [-0.2, 0) is 16.6 Å². The molecule has 1 amide bonds. The summed E-state index contributed by atoms with van der Waals surface area (Å²) in [6.07, 6.45) is 5.81. The van der Waals surface area contributed by atoms with E-state index in [1.807, 2.05) is 54.7 Å². The molecule has 24 heavy (non-hydrogen) atoms. The van der Waals surface area contributed by atoms with Crippen LogP contribution in [0.15, 0.2) is 42.7 Å². The minimum absolute atomic E-state index is 0.0288. The van der Waals surface area contributed by atoms with E-state index in [2.05, 4.69) is 5.10 Å². The molecule has 6 heteroatoms. The zero-order valence-electron chi connectivity index (χ0n) is 13.9. The average Bonchev–Trinajstić information content (AvgIpc) is 3.24. The molecule has 1 aromatic carbocycles. The highest BCUT2D eigenvalue weighted by atomic mass is 16.5. The van der Waals surface area contributed by atoms with Crippen LogP contribution in [-0.4, -0.2) is 47.0 Å². The molecule has 0 N–H and O–H groups in total. The van der Waals surface area contributed by atoms with Gasteiger partial charge in [0.25, 0.3) is 0 Å². The molecule has 1 fully saturated rings. The van der Waals surface area contributed by atoms with Gasteiger partial charge in [0.05, 0.1) is 18.8 Å². The zero-order valence-corrected chi connectivity index (χ0v) is 13.9. The summed E-state index contributed by atoms with van der Waals surface area (Å²) in [6, 6.07) is 9.70. The topological polar surface area (TPSA) is 56.6 Å². The van der Waals surface area contributed by atoms with Crippen LogP contribution in [0.5, 0.6) is 5.75 Å². The lowest BCUT2D eigenvalue weighted by Crippen LogP contribution is -2.33. The first-order valence-electron chi connectivity index (χ1n) is 8.27. The fraction of sp³-hybridized carbons (Fsp3) is 0.444. The van der Waals surface area contributed by atoms with Gasteiger partial charge >= 0.3 is 0 Å². The number of amides is 1. The van der Waals surface area contributed by atoms with Crippen LogP contribution in [0.1, 0.15) is 24.4 Å². The van der Waals surface area contributed by atoms with Gasteiger partial charge in [0.15, 0.2) is 0 Å². The van der Waals surface area contributed by atoms with Crippen LogP contribution in [0.4, 0.5) is 0 Å². The number of nitrogens with zero attached hydrogens (tertiary/aromatic N) is 3. The molecule has 0 unspecified atom stereocenters. The van der Waals surface area contributed by atoms with Gasteiger partial charge in [-0.3, -0.25) is 9.48 Å². The summed E-state index contributed by atoms with van der Waals surface area (Å²) < 4.78 is 12.8. The van der Waals surface area contributed by atoms with Gasteiger partial charge in [0, 0.05) is 25.4 Å². The van der Waals surface area contributed by atoms with Crippen LogP contribution in [0, 0.1) is 0 Å². The maximum atomic E-state index is 12.4. The summed E-state index contributed by atoms with van der Waals surface area (Å²) in [7, 11) is 1.89. The smallest absolute Gasteiger partial charge is 0.249 e. The van der Waals surface area contributed by atoms with Crippen molar-refractivity contribution in [1.82, 2.24) is 14.7 Å². The third kappa shape index (κ3) is 4.14. The molecule has 2 heterocycles. The lowest BCUT2D eigenvalue weighted by Gasteiger charge is -2.23. The van der Waals surface area contributed by atoms with Crippen LogP contribution in [0.2, 0.25) is 0 Å². The Morgan fingerprint density at radius 1 is 1.29 bits per heavy atom. The normalized spacial score (nSPS) is 17.2. The van der Waals surface area contributed by atoms with Crippen molar-refractivity contribution in [1.29, 1.82) is 0 Å². The number of likely N-dealkylation sites (tertiary alicyclic amines) is 1. The number of ether oxygens (including phenoxy) is 2. The molecule has 1 aromatic heterocycles. The van der Waals surface area contributed by atoms with E-state index in [0.29, 0.717) is 13.2 Å². The van der Waals surface area contributed by atoms with E-state index in [1.54, 1.807) is 4.68 Å². The Morgan fingerprint density at radius 3 is 2.88 bits per heavy atom. The molecule has 0 spiro atoms. The van der Waals surface area contributed by atoms with E-state index in [9.17, 15) is 4.79 Å². The average molecular weight is 329 g/mol. The summed E-state index contributed by atoms with van der Waals surface area (Å²) in [5, 5.41) is 4.20. The molecule has 1 aliphatic heterocycles. The standard InChI is InChI=1S/C18H23N3O3/c1-20-13-15(12-19-20)17-8-5-9-21(17)18(22)14-23-10-11-24-16-6-3-2-4-7-16/h2-4,6-7,12-13,17H,5,8-11,14H2,1H3/t17-/m0/s1. The van der Waals surface area contributed by atoms with Crippen molar-refractivity contribution in [2.45, 2.75) is 18.9 Å². The summed E-state index contributed by atoms with van der Waals surface area (Å²) in [4.78, 5) is 14.3. The Labute approximate surface area is 142 Å². The second kappa shape index (κ2) is 7.97. The second-order valence-corrected chi connectivity index (χ2v) is 5.91. The van der Waals surface area contributed by atoms with Gasteiger partial charge in [0.2, 0.25) is 5.91 Å². The molecule has 0 bridgehead atoms. The Balaban J connectivity index is 1.41. The number of aromatic nitrogens is 2. The van der Waals surface area contributed by atoms with Crippen molar-refractivity contribution in [3.63, 3.8) is 0 Å². The molecule has 128 valence electrons. The van der Waals surface area contributed by atoms with Crippen molar-refractivity contribution in [2.24, 2.45) is 7.05 Å². The third-order valence-corrected chi connectivity index (χ3v) is 4.15. The molecular formula is C18H23N3O3. The lowest BCUT2D eigenvalue weighted by atomic mass is 10.1. The summed E-state index contributed by atoms with van der Waals surface area (Å²) >= 11 is 0. The molecule has 1 atom stereocenters. The zero-order chi connectivity index (χ0) is 16.8. The summed E-state index contributed by atoms with van der Waals surface area (Å²) in [5.74, 6) is 0.838. The Kier molecular flexibility index (Phi) is 5.48. The van der Waals surface area contributed by atoms with Crippen LogP contribution >= 0.6 is 0 Å². The Hall–Kier alpha value is -2.34. The minimum atomic E-state index is 0.0288. The molecule has 0 saturated carbocycles. The molecule has 1 saturated heterocycles. The molecule has 3 rings (SSSR count). The highest BCUT2D eigenvalue weighted by molar-refractivity contribution is 5.78. The van der Waals surface area contributed by atoms with E-state index in [1.165, 1.54) is 0 Å². The summed E-state index contributed by atoms with van der Waals surface area (Å²) in [5.41, 5.74) is 1.09. The van der Waals surface area contributed by atoms with Gasteiger partial charge in [-0.25, -0.2) is 0 Å². The highest BCUT2D eigenvalue weighted by Gasteiger charge is 2.30. The minimum Gasteiger partial charge on any atom is -0.491 e. The number of carbonyl (C=O) groups excluding carboxylic acids is 1. The molecule has 1 aliphatic rings. The maximum absolute atomic E-state index is 12.4. The molecule has 0 aliphatic carbocycles. The van der Waals surface area contributed by atoms with Crippen molar-refractivity contribution >= 4 is 5.91 Å². The largest absolute Gasteiger partial charge is 0.491 e. The quantitative estimate of drug-likeness (QED) is 0.731. The van der Waals surface area contributed by atoms with Gasteiger partial charge in [-0.1, -0.05) is 18.2 Å². The number of rotatable bonds is 7. The first-order valence-corrected chi connectivity index (χ1v) is 8.27. The number of hydrogen-bond acceptors (Lipinski definition) is 4. The predicted molar refractivity (Wildman–Crippen MR) is 89.7 cm³/mol. The van der Waals surface area contributed by atoms with E-state index in [-0.39, 0.29) is 18.6 Å². The summed E-state index contributed by atoms with van der Waals surface area (Å²) in [6.45, 7) is 1.70. The number of aryl methyl sites for hydroxylation is 1. The second-order valence-electron chi connectivity index (χ2n) is 5.91. The Bertz CT molecular complexity index is 657. The molecule has 6 nitrogen and oxygen atoms in total. The van der Waals surface area contributed by atoms with Crippen LogP contribution in [0.3, 0.4) is 0 Å². The van der Waals surface area contributed by atoms with Crippen molar-refractivity contribution in [2.75, 3.05) is 26.4 Å². The number of para-hydroxylation sites is 1. The third-order valence-electron chi connectivity index (χ3n) is 4.15. The highest BCUT2D eigenvalue weighted by Crippen LogP contribution is 2.31. The fourth-order valence-corrected chi connectivity index (χ4v) is 3.00. The van der Waals surface area contributed by atoms with Crippen molar-refractivity contribution in [3.8, 4) is 5.75 Å². The molecular weight excluding hydrogens is 306 g/mol. The molecule has 0 radical (unpaired) electrons. The first kappa shape index (κ1) is 16.5. The van der Waals surface area contributed by atoms with Gasteiger partial charge < -0.3 is 14.4 Å². The first-order chi connectivity index (χ1) is 11.7. The number of benzene rings is 1. The van der Waals surface area contributed by atoms with E-state index < -0.39 is 0 Å². The predicted octanol–water partition coefficient (Wildman–Crippen LogP) is 2.18. The lowest BCUT2D eigenvalue weighted by molar-refractivity contribution is -0.137. The van der Waals surface area contributed by atoms with Crippen LogP contribution in [0.25, 0.3) is 0 Å². The van der Waals surface area contributed by atoms with Crippen molar-refractivity contribution < 1.29 is 14.3 Å². The number of hydrogen-bond donors (Lipinski definition) is 0. The van der Waals surface area contributed by atoms with E-state index in [0.717, 1.165) is 30.7 Å². The van der Waals surface area contributed by atoms with Crippen LogP contribution < -0.4 is 4.74 Å². The Morgan fingerprint density at radius 2 is 2.12 bits per heavy atom. The monoisotopic (exact) mass is 329 g/mol. The SMILES string of the molecule is Cn1cc([C@@H]2CCCN2C(=O)COCCOc2ccccc2)cn1. The van der Waals surface area contributed by atoms with Gasteiger partial charge in [-0.05, 0) is 25.0 Å². The molecule has 2 aromatic rings. The van der Waals surface area contributed by atoms with Crippen molar-refractivity contribution in [3.05, 3.63) is 48.3 Å². The van der Waals surface area contributed by atoms with Gasteiger partial charge in [-0.15, -0.1) is 0 Å². The van der Waals surface area contributed by atoms with E-state index in [4.69, 9.17) is 9.47 Å². The number of carbonyl (C=O) groups is 1. The fourth-order valence-electron chi connectivity index (χ4n) is 3.00. The van der Waals surface area contributed by atoms with Gasteiger partial charge in [-0.2, -0.15) is 5.10 Å². The van der Waals surface area contributed by atoms with Gasteiger partial charge in [0.1, 0.15) is 19.0 Å². The van der Waals surface area contributed by atoms with E-state index >= 15 is 0 Å².